The number of hydrogen-bond acceptors (Lipinski definition) is 4. The van der Waals surface area contributed by atoms with Crippen molar-refractivity contribution in [3.8, 4) is 5.75 Å². The predicted octanol–water partition coefficient (Wildman–Crippen LogP) is 4.89. The zero-order valence-electron chi connectivity index (χ0n) is 16.8. The van der Waals surface area contributed by atoms with Crippen LogP contribution in [0.25, 0.3) is 10.8 Å². The van der Waals surface area contributed by atoms with Crippen molar-refractivity contribution in [2.45, 2.75) is 26.8 Å². The lowest BCUT2D eigenvalue weighted by molar-refractivity contribution is 0.111. The molecule has 0 radical (unpaired) electrons. The molecule has 0 fully saturated rings. The van der Waals surface area contributed by atoms with Crippen LogP contribution in [0.4, 0.5) is 5.69 Å². The molecular weight excluding hydrogens is 348 g/mol. The third-order valence-electron chi connectivity index (χ3n) is 5.11. The summed E-state index contributed by atoms with van der Waals surface area (Å²) in [5.74, 6) is 0.576. The molecule has 0 heterocycles. The van der Waals surface area contributed by atoms with Crippen LogP contribution >= 0.6 is 0 Å². The van der Waals surface area contributed by atoms with Gasteiger partial charge in [0, 0.05) is 24.8 Å². The van der Waals surface area contributed by atoms with Gasteiger partial charge in [0.05, 0.1) is 11.6 Å². The molecule has 3 aromatic rings. The van der Waals surface area contributed by atoms with Crippen LogP contribution in [0.5, 0.6) is 5.75 Å². The van der Waals surface area contributed by atoms with Crippen molar-refractivity contribution in [2.24, 2.45) is 5.73 Å². The number of benzene rings is 3. The standard InChI is InChI=1S/C24H28N2O2/c1-4-26(5-2)20-11-10-19(15-27)24(14-20)28-16-23(25)22-13-17(3)12-18-8-6-7-9-21(18)22/h6-15,23H,4-5,16,25H2,1-3H3. The summed E-state index contributed by atoms with van der Waals surface area (Å²) in [4.78, 5) is 13.7. The van der Waals surface area contributed by atoms with Crippen LogP contribution in [-0.4, -0.2) is 26.0 Å². The summed E-state index contributed by atoms with van der Waals surface area (Å²) in [6, 6.07) is 17.9. The van der Waals surface area contributed by atoms with Crippen LogP contribution in [0.15, 0.2) is 54.6 Å². The van der Waals surface area contributed by atoms with E-state index < -0.39 is 0 Å². The monoisotopic (exact) mass is 376 g/mol. The van der Waals surface area contributed by atoms with E-state index in [-0.39, 0.29) is 6.04 Å². The number of carbonyl (C=O) groups excluding carboxylic acids is 1. The van der Waals surface area contributed by atoms with Crippen LogP contribution in [0.3, 0.4) is 0 Å². The van der Waals surface area contributed by atoms with Crippen molar-refractivity contribution in [1.82, 2.24) is 0 Å². The molecule has 0 saturated carbocycles. The molecule has 1 unspecified atom stereocenters. The Bertz CT molecular complexity index is 964. The zero-order valence-corrected chi connectivity index (χ0v) is 16.8. The molecule has 4 nitrogen and oxygen atoms in total. The molecule has 4 heteroatoms. The molecule has 0 aliphatic rings. The fraction of sp³-hybridized carbons (Fsp3) is 0.292. The number of nitrogens with two attached hydrogens (primary N) is 1. The van der Waals surface area contributed by atoms with Crippen molar-refractivity contribution in [3.05, 3.63) is 71.3 Å². The van der Waals surface area contributed by atoms with Crippen molar-refractivity contribution >= 4 is 22.7 Å². The average Bonchev–Trinajstić information content (AvgIpc) is 2.72. The van der Waals surface area contributed by atoms with Gasteiger partial charge in [-0.15, -0.1) is 0 Å². The molecule has 0 spiro atoms. The SMILES string of the molecule is CCN(CC)c1ccc(C=O)c(OCC(N)c2cc(C)cc3ccccc23)c1. The van der Waals surface area contributed by atoms with Crippen LogP contribution in [0.2, 0.25) is 0 Å². The van der Waals surface area contributed by atoms with Crippen molar-refractivity contribution < 1.29 is 9.53 Å². The van der Waals surface area contributed by atoms with Crippen molar-refractivity contribution in [3.63, 3.8) is 0 Å². The Morgan fingerprint density at radius 2 is 1.82 bits per heavy atom. The van der Waals surface area contributed by atoms with Gasteiger partial charge in [-0.1, -0.05) is 42.0 Å². The van der Waals surface area contributed by atoms with Gasteiger partial charge in [0.2, 0.25) is 0 Å². The van der Waals surface area contributed by atoms with Gasteiger partial charge in [-0.3, -0.25) is 4.79 Å². The fourth-order valence-electron chi connectivity index (χ4n) is 3.60. The van der Waals surface area contributed by atoms with Crippen molar-refractivity contribution in [1.29, 1.82) is 0 Å². The molecule has 28 heavy (non-hydrogen) atoms. The summed E-state index contributed by atoms with van der Waals surface area (Å²) in [7, 11) is 0. The average molecular weight is 377 g/mol. The highest BCUT2D eigenvalue weighted by molar-refractivity contribution is 5.87. The highest BCUT2D eigenvalue weighted by atomic mass is 16.5. The third-order valence-corrected chi connectivity index (χ3v) is 5.11. The minimum atomic E-state index is -0.290. The maximum atomic E-state index is 11.5. The second-order valence-electron chi connectivity index (χ2n) is 7.01. The van der Waals surface area contributed by atoms with Gasteiger partial charge in [0.25, 0.3) is 0 Å². The largest absolute Gasteiger partial charge is 0.491 e. The number of anilines is 1. The minimum absolute atomic E-state index is 0.290. The van der Waals surface area contributed by atoms with Gasteiger partial charge >= 0.3 is 0 Å². The highest BCUT2D eigenvalue weighted by Gasteiger charge is 2.14. The number of rotatable bonds is 8. The Kier molecular flexibility index (Phi) is 6.32. The summed E-state index contributed by atoms with van der Waals surface area (Å²) in [6.45, 7) is 8.38. The van der Waals surface area contributed by atoms with E-state index >= 15 is 0 Å². The Morgan fingerprint density at radius 3 is 2.54 bits per heavy atom. The molecule has 0 aromatic heterocycles. The molecule has 146 valence electrons. The van der Waals surface area contributed by atoms with E-state index in [0.29, 0.717) is 17.9 Å². The summed E-state index contributed by atoms with van der Waals surface area (Å²) in [5, 5.41) is 2.31. The number of carbonyl (C=O) groups is 1. The first-order chi connectivity index (χ1) is 13.6. The topological polar surface area (TPSA) is 55.6 Å². The lowest BCUT2D eigenvalue weighted by atomic mass is 9.97. The summed E-state index contributed by atoms with van der Waals surface area (Å²) in [5.41, 5.74) is 10.3. The first-order valence-electron chi connectivity index (χ1n) is 9.79. The first-order valence-corrected chi connectivity index (χ1v) is 9.79. The quantitative estimate of drug-likeness (QED) is 0.569. The number of aryl methyl sites for hydroxylation is 1. The second kappa shape index (κ2) is 8.89. The van der Waals surface area contributed by atoms with Gasteiger partial charge in [-0.2, -0.15) is 0 Å². The molecule has 0 amide bonds. The molecule has 2 N–H and O–H groups in total. The Labute approximate surface area is 166 Å². The minimum Gasteiger partial charge on any atom is -0.491 e. The number of ether oxygens (including phenoxy) is 1. The maximum absolute atomic E-state index is 11.5. The van der Waals surface area contributed by atoms with Crippen LogP contribution in [-0.2, 0) is 0 Å². The molecule has 0 bridgehead atoms. The molecule has 1 atom stereocenters. The summed E-state index contributed by atoms with van der Waals surface area (Å²) in [6.07, 6.45) is 0.828. The molecular formula is C24H28N2O2. The van der Waals surface area contributed by atoms with E-state index in [1.807, 2.05) is 30.3 Å². The van der Waals surface area contributed by atoms with Crippen molar-refractivity contribution in [2.75, 3.05) is 24.6 Å². The Balaban J connectivity index is 1.86. The van der Waals surface area contributed by atoms with E-state index in [1.165, 1.54) is 10.9 Å². The maximum Gasteiger partial charge on any atom is 0.153 e. The normalized spacial score (nSPS) is 12.0. The fourth-order valence-corrected chi connectivity index (χ4v) is 3.60. The predicted molar refractivity (Wildman–Crippen MR) is 116 cm³/mol. The van der Waals surface area contributed by atoms with E-state index in [1.54, 1.807) is 0 Å². The first kappa shape index (κ1) is 19.9. The number of nitrogens with zero attached hydrogens (tertiary/aromatic N) is 1. The van der Waals surface area contributed by atoms with Crippen LogP contribution in [0.1, 0.15) is 41.4 Å². The van der Waals surface area contributed by atoms with E-state index in [9.17, 15) is 4.79 Å². The Morgan fingerprint density at radius 1 is 1.07 bits per heavy atom. The second-order valence-corrected chi connectivity index (χ2v) is 7.01. The van der Waals surface area contributed by atoms with Gasteiger partial charge in [-0.05, 0) is 49.2 Å². The molecule has 3 aromatic carbocycles. The number of hydrogen-bond donors (Lipinski definition) is 1. The lowest BCUT2D eigenvalue weighted by Crippen LogP contribution is -2.22. The molecule has 0 saturated heterocycles. The van der Waals surface area contributed by atoms with Crippen LogP contribution in [0, 0.1) is 6.92 Å². The number of aldehydes is 1. The van der Waals surface area contributed by atoms with E-state index in [4.69, 9.17) is 10.5 Å². The van der Waals surface area contributed by atoms with Crippen LogP contribution < -0.4 is 15.4 Å². The third kappa shape index (κ3) is 4.18. The van der Waals surface area contributed by atoms with Gasteiger partial charge in [-0.25, -0.2) is 0 Å². The van der Waals surface area contributed by atoms with E-state index in [0.717, 1.165) is 36.0 Å². The summed E-state index contributed by atoms with van der Waals surface area (Å²) < 4.78 is 6.03. The summed E-state index contributed by atoms with van der Waals surface area (Å²) >= 11 is 0. The van der Waals surface area contributed by atoms with E-state index in [2.05, 4.69) is 49.9 Å². The molecule has 0 aliphatic heterocycles. The molecule has 3 rings (SSSR count). The van der Waals surface area contributed by atoms with Gasteiger partial charge in [0.1, 0.15) is 12.4 Å². The molecule has 0 aliphatic carbocycles. The number of fused-ring (bicyclic) bond motifs is 1. The highest BCUT2D eigenvalue weighted by Crippen LogP contribution is 2.28. The lowest BCUT2D eigenvalue weighted by Gasteiger charge is -2.23. The zero-order chi connectivity index (χ0) is 20.1. The smallest absolute Gasteiger partial charge is 0.153 e. The van der Waals surface area contributed by atoms with Gasteiger partial charge in [0.15, 0.2) is 6.29 Å². The van der Waals surface area contributed by atoms with Gasteiger partial charge < -0.3 is 15.4 Å². The Hall–Kier alpha value is -2.85.